The number of hydrogen-bond donors (Lipinski definition) is 2. The Kier molecular flexibility index (Phi) is 5.27. The van der Waals surface area contributed by atoms with Gasteiger partial charge in [-0.1, -0.05) is 23.7 Å². The number of aliphatic hydroxyl groups excluding tert-OH is 1. The summed E-state index contributed by atoms with van der Waals surface area (Å²) in [5.74, 6) is -0.301. The Bertz CT molecular complexity index is 604. The van der Waals surface area contributed by atoms with Crippen LogP contribution in [0.15, 0.2) is 24.4 Å². The highest BCUT2D eigenvalue weighted by molar-refractivity contribution is 6.30. The highest BCUT2D eigenvalue weighted by Crippen LogP contribution is 2.18. The van der Waals surface area contributed by atoms with Crippen molar-refractivity contribution in [2.24, 2.45) is 5.92 Å². The molecule has 0 saturated carbocycles. The summed E-state index contributed by atoms with van der Waals surface area (Å²) in [6.07, 6.45) is 1.76. The van der Waals surface area contributed by atoms with Crippen LogP contribution in [-0.2, 0) is 6.54 Å². The standard InChI is InChI=1S/C14H18ClFN4O/c1-9(8-21)10(2)17-6-11-7-20(19-18-11)12-3-4-14(16)13(15)5-12/h3-5,7,9-10,17,21H,6,8H2,1-2H3/t9-,10-/m0/s1. The molecule has 1 aromatic heterocycles. The highest BCUT2D eigenvalue weighted by Gasteiger charge is 2.11. The number of nitrogens with zero attached hydrogens (tertiary/aromatic N) is 3. The molecule has 114 valence electrons. The van der Waals surface area contributed by atoms with E-state index >= 15 is 0 Å². The van der Waals surface area contributed by atoms with Gasteiger partial charge in [0.15, 0.2) is 0 Å². The Hall–Kier alpha value is -1.50. The van der Waals surface area contributed by atoms with Crippen molar-refractivity contribution in [1.29, 1.82) is 0 Å². The van der Waals surface area contributed by atoms with Gasteiger partial charge < -0.3 is 10.4 Å². The summed E-state index contributed by atoms with van der Waals surface area (Å²) in [5, 5.41) is 20.5. The molecular formula is C14H18ClFN4O. The average molecular weight is 313 g/mol. The molecule has 2 rings (SSSR count). The third kappa shape index (κ3) is 4.00. The number of hydrogen-bond acceptors (Lipinski definition) is 4. The molecule has 0 radical (unpaired) electrons. The quantitative estimate of drug-likeness (QED) is 0.858. The first-order valence-corrected chi connectivity index (χ1v) is 7.10. The van der Waals surface area contributed by atoms with Gasteiger partial charge in [-0.05, 0) is 31.0 Å². The number of aromatic nitrogens is 3. The van der Waals surface area contributed by atoms with Crippen LogP contribution < -0.4 is 5.32 Å². The lowest BCUT2D eigenvalue weighted by Crippen LogP contribution is -2.33. The van der Waals surface area contributed by atoms with Crippen LogP contribution in [-0.4, -0.2) is 32.7 Å². The molecule has 5 nitrogen and oxygen atoms in total. The molecule has 1 aromatic carbocycles. The van der Waals surface area contributed by atoms with Crippen molar-refractivity contribution in [3.8, 4) is 5.69 Å². The van der Waals surface area contributed by atoms with Crippen molar-refractivity contribution in [2.45, 2.75) is 26.4 Å². The van der Waals surface area contributed by atoms with Crippen LogP contribution in [0.5, 0.6) is 0 Å². The van der Waals surface area contributed by atoms with Crippen LogP contribution in [0.3, 0.4) is 0 Å². The number of rotatable bonds is 6. The first-order chi connectivity index (χ1) is 10.0. The van der Waals surface area contributed by atoms with Crippen LogP contribution >= 0.6 is 11.6 Å². The molecule has 0 fully saturated rings. The molecule has 0 unspecified atom stereocenters. The predicted molar refractivity (Wildman–Crippen MR) is 78.9 cm³/mol. The van der Waals surface area contributed by atoms with Gasteiger partial charge >= 0.3 is 0 Å². The van der Waals surface area contributed by atoms with Gasteiger partial charge in [0.25, 0.3) is 0 Å². The van der Waals surface area contributed by atoms with E-state index < -0.39 is 5.82 Å². The van der Waals surface area contributed by atoms with E-state index in [4.69, 9.17) is 16.7 Å². The zero-order valence-electron chi connectivity index (χ0n) is 11.9. The molecule has 21 heavy (non-hydrogen) atoms. The van der Waals surface area contributed by atoms with Gasteiger partial charge in [-0.15, -0.1) is 5.10 Å². The summed E-state index contributed by atoms with van der Waals surface area (Å²) >= 11 is 5.75. The SMILES string of the molecule is C[C@H](NCc1cn(-c2ccc(F)c(Cl)c2)nn1)[C@@H](C)CO. The molecule has 7 heteroatoms. The molecule has 0 aliphatic heterocycles. The molecular weight excluding hydrogens is 295 g/mol. The van der Waals surface area contributed by atoms with Crippen molar-refractivity contribution in [2.75, 3.05) is 6.61 Å². The molecule has 0 bridgehead atoms. The Labute approximate surface area is 127 Å². The Morgan fingerprint density at radius 2 is 2.19 bits per heavy atom. The highest BCUT2D eigenvalue weighted by atomic mass is 35.5. The van der Waals surface area contributed by atoms with E-state index in [0.29, 0.717) is 12.2 Å². The van der Waals surface area contributed by atoms with E-state index in [1.54, 1.807) is 16.9 Å². The molecule has 2 aromatic rings. The van der Waals surface area contributed by atoms with E-state index in [1.807, 2.05) is 13.8 Å². The summed E-state index contributed by atoms with van der Waals surface area (Å²) in [6, 6.07) is 4.55. The van der Waals surface area contributed by atoms with Gasteiger partial charge in [0.1, 0.15) is 5.82 Å². The lowest BCUT2D eigenvalue weighted by Gasteiger charge is -2.18. The third-order valence-corrected chi connectivity index (χ3v) is 3.74. The average Bonchev–Trinajstić information content (AvgIpc) is 2.95. The minimum absolute atomic E-state index is 0.0491. The minimum Gasteiger partial charge on any atom is -0.396 e. The number of halogens is 2. The maximum absolute atomic E-state index is 13.1. The van der Waals surface area contributed by atoms with Crippen LogP contribution in [0, 0.1) is 11.7 Å². The Balaban J connectivity index is 2.02. The summed E-state index contributed by atoms with van der Waals surface area (Å²) < 4.78 is 14.7. The fourth-order valence-corrected chi connectivity index (χ4v) is 1.93. The van der Waals surface area contributed by atoms with E-state index in [1.165, 1.54) is 12.1 Å². The van der Waals surface area contributed by atoms with Crippen molar-refractivity contribution in [1.82, 2.24) is 20.3 Å². The normalized spacial score (nSPS) is 14.1. The molecule has 2 N–H and O–H groups in total. The maximum atomic E-state index is 13.1. The second kappa shape index (κ2) is 6.98. The fraction of sp³-hybridized carbons (Fsp3) is 0.429. The topological polar surface area (TPSA) is 63.0 Å². The predicted octanol–water partition coefficient (Wildman–Crippen LogP) is 2.17. The monoisotopic (exact) mass is 312 g/mol. The fourth-order valence-electron chi connectivity index (χ4n) is 1.76. The first kappa shape index (κ1) is 15.9. The lowest BCUT2D eigenvalue weighted by atomic mass is 10.1. The van der Waals surface area contributed by atoms with Crippen molar-refractivity contribution < 1.29 is 9.50 Å². The van der Waals surface area contributed by atoms with Crippen LogP contribution in [0.2, 0.25) is 5.02 Å². The van der Waals surface area contributed by atoms with Gasteiger partial charge in [-0.25, -0.2) is 9.07 Å². The Morgan fingerprint density at radius 1 is 1.43 bits per heavy atom. The Morgan fingerprint density at radius 3 is 2.86 bits per heavy atom. The van der Waals surface area contributed by atoms with Gasteiger partial charge in [-0.2, -0.15) is 0 Å². The van der Waals surface area contributed by atoms with Gasteiger partial charge in [0.2, 0.25) is 0 Å². The summed E-state index contributed by atoms with van der Waals surface area (Å²) in [4.78, 5) is 0. The molecule has 0 saturated heterocycles. The second-order valence-corrected chi connectivity index (χ2v) is 5.49. The van der Waals surface area contributed by atoms with Crippen LogP contribution in [0.4, 0.5) is 4.39 Å². The number of benzene rings is 1. The molecule has 0 aliphatic carbocycles. The largest absolute Gasteiger partial charge is 0.396 e. The van der Waals surface area contributed by atoms with E-state index in [9.17, 15) is 4.39 Å². The van der Waals surface area contributed by atoms with Crippen molar-refractivity contribution >= 4 is 11.6 Å². The summed E-state index contributed by atoms with van der Waals surface area (Å²) in [6.45, 7) is 4.65. The maximum Gasteiger partial charge on any atom is 0.141 e. The van der Waals surface area contributed by atoms with E-state index in [0.717, 1.165) is 5.69 Å². The van der Waals surface area contributed by atoms with Crippen LogP contribution in [0.1, 0.15) is 19.5 Å². The zero-order chi connectivity index (χ0) is 15.4. The second-order valence-electron chi connectivity index (χ2n) is 5.08. The minimum atomic E-state index is -0.464. The molecule has 0 aliphatic rings. The summed E-state index contributed by atoms with van der Waals surface area (Å²) in [7, 11) is 0. The molecule has 1 heterocycles. The van der Waals surface area contributed by atoms with Crippen LogP contribution in [0.25, 0.3) is 5.69 Å². The lowest BCUT2D eigenvalue weighted by molar-refractivity contribution is 0.207. The van der Waals surface area contributed by atoms with Gasteiger partial charge in [0.05, 0.1) is 22.6 Å². The van der Waals surface area contributed by atoms with Gasteiger partial charge in [-0.3, -0.25) is 0 Å². The van der Waals surface area contributed by atoms with E-state index in [2.05, 4.69) is 15.6 Å². The number of nitrogens with one attached hydrogen (secondary N) is 1. The molecule has 0 amide bonds. The van der Waals surface area contributed by atoms with Crippen molar-refractivity contribution in [3.05, 3.63) is 40.9 Å². The van der Waals surface area contributed by atoms with E-state index in [-0.39, 0.29) is 23.6 Å². The smallest absolute Gasteiger partial charge is 0.141 e. The number of aliphatic hydroxyl groups is 1. The zero-order valence-corrected chi connectivity index (χ0v) is 12.7. The molecule has 0 spiro atoms. The van der Waals surface area contributed by atoms with Gasteiger partial charge in [0, 0.05) is 19.2 Å². The molecule has 2 atom stereocenters. The third-order valence-electron chi connectivity index (χ3n) is 3.46. The summed E-state index contributed by atoms with van der Waals surface area (Å²) in [5.41, 5.74) is 1.41. The van der Waals surface area contributed by atoms with Crippen molar-refractivity contribution in [3.63, 3.8) is 0 Å². The first-order valence-electron chi connectivity index (χ1n) is 6.72.